The van der Waals surface area contributed by atoms with Crippen molar-refractivity contribution >= 4 is 11.8 Å². The number of carbonyl (C=O) groups is 2. The fourth-order valence-corrected chi connectivity index (χ4v) is 2.82. The van der Waals surface area contributed by atoms with Crippen LogP contribution in [0.25, 0.3) is 0 Å². The number of amides is 2. The van der Waals surface area contributed by atoms with Gasteiger partial charge in [-0.15, -0.1) is 0 Å². The highest BCUT2D eigenvalue weighted by molar-refractivity contribution is 6.34. The summed E-state index contributed by atoms with van der Waals surface area (Å²) in [5.74, 6) is -1.04. The van der Waals surface area contributed by atoms with E-state index in [9.17, 15) is 14.7 Å². The van der Waals surface area contributed by atoms with Crippen molar-refractivity contribution in [2.24, 2.45) is 5.73 Å². The maximum Gasteiger partial charge on any atom is 0.309 e. The molecule has 1 aliphatic rings. The van der Waals surface area contributed by atoms with Crippen molar-refractivity contribution in [3.8, 4) is 11.5 Å². The van der Waals surface area contributed by atoms with Crippen LogP contribution in [0, 0.1) is 0 Å². The van der Waals surface area contributed by atoms with Crippen LogP contribution in [0.4, 0.5) is 0 Å². The molecule has 2 rings (SSSR count). The van der Waals surface area contributed by atoms with Crippen LogP contribution in [0.5, 0.6) is 11.5 Å². The maximum atomic E-state index is 11.3. The van der Waals surface area contributed by atoms with Crippen molar-refractivity contribution in [3.05, 3.63) is 23.8 Å². The van der Waals surface area contributed by atoms with Crippen molar-refractivity contribution in [2.75, 3.05) is 20.3 Å². The number of nitrogens with two attached hydrogens (primary N) is 1. The highest BCUT2D eigenvalue weighted by Gasteiger charge is 2.21. The van der Waals surface area contributed by atoms with Crippen molar-refractivity contribution in [1.29, 1.82) is 0 Å². The Labute approximate surface area is 141 Å². The Morgan fingerprint density at radius 3 is 2.62 bits per heavy atom. The smallest absolute Gasteiger partial charge is 0.309 e. The predicted octanol–water partition coefficient (Wildman–Crippen LogP) is 0.694. The molecule has 1 fully saturated rings. The van der Waals surface area contributed by atoms with E-state index in [1.807, 2.05) is 6.07 Å². The molecule has 1 aliphatic carbocycles. The van der Waals surface area contributed by atoms with Crippen molar-refractivity contribution < 1.29 is 24.2 Å². The minimum Gasteiger partial charge on any atom is -0.493 e. The molecule has 0 saturated heterocycles. The molecule has 1 aromatic carbocycles. The molecular weight excluding hydrogens is 312 g/mol. The van der Waals surface area contributed by atoms with Crippen LogP contribution in [-0.4, -0.2) is 43.3 Å². The van der Waals surface area contributed by atoms with Crippen LogP contribution < -0.4 is 20.5 Å². The quantitative estimate of drug-likeness (QED) is 0.635. The van der Waals surface area contributed by atoms with Gasteiger partial charge in [0.25, 0.3) is 0 Å². The van der Waals surface area contributed by atoms with E-state index in [-0.39, 0.29) is 25.2 Å². The summed E-state index contributed by atoms with van der Waals surface area (Å²) in [4.78, 5) is 22.1. The number of aliphatic hydroxyl groups is 1. The van der Waals surface area contributed by atoms with Crippen LogP contribution in [0.3, 0.4) is 0 Å². The summed E-state index contributed by atoms with van der Waals surface area (Å²) < 4.78 is 11.4. The summed E-state index contributed by atoms with van der Waals surface area (Å²) in [7, 11) is 1.58. The van der Waals surface area contributed by atoms with Crippen molar-refractivity contribution in [2.45, 2.75) is 37.7 Å². The molecule has 1 aromatic rings. The largest absolute Gasteiger partial charge is 0.493 e. The third-order valence-electron chi connectivity index (χ3n) is 4.21. The zero-order valence-corrected chi connectivity index (χ0v) is 13.8. The molecule has 7 nitrogen and oxygen atoms in total. The highest BCUT2D eigenvalue weighted by Crippen LogP contribution is 2.34. The first kappa shape index (κ1) is 18.1. The Balaban J connectivity index is 2.12. The second-order valence-corrected chi connectivity index (χ2v) is 5.89. The van der Waals surface area contributed by atoms with Gasteiger partial charge in [0.1, 0.15) is 0 Å². The summed E-state index contributed by atoms with van der Waals surface area (Å²) in [6.45, 7) is -0.0816. The van der Waals surface area contributed by atoms with Crippen molar-refractivity contribution in [3.63, 3.8) is 0 Å². The zero-order chi connectivity index (χ0) is 17.5. The predicted molar refractivity (Wildman–Crippen MR) is 87.9 cm³/mol. The van der Waals surface area contributed by atoms with Crippen LogP contribution in [0.1, 0.15) is 37.2 Å². The lowest BCUT2D eigenvalue weighted by molar-refractivity contribution is -0.137. The Kier molecular flexibility index (Phi) is 6.43. The maximum absolute atomic E-state index is 11.3. The number of methoxy groups -OCH3 is 1. The summed E-state index contributed by atoms with van der Waals surface area (Å²) in [5, 5.41) is 12.0. The Morgan fingerprint density at radius 2 is 2.04 bits per heavy atom. The minimum absolute atomic E-state index is 0.105. The molecular formula is C17H24N2O5. The normalized spacial score (nSPS) is 15.8. The van der Waals surface area contributed by atoms with E-state index < -0.39 is 11.8 Å². The van der Waals surface area contributed by atoms with Gasteiger partial charge in [0.15, 0.2) is 11.5 Å². The second kappa shape index (κ2) is 8.54. The average molecular weight is 336 g/mol. The second-order valence-electron chi connectivity index (χ2n) is 5.89. The molecule has 4 N–H and O–H groups in total. The van der Waals surface area contributed by atoms with E-state index in [0.29, 0.717) is 11.5 Å². The molecule has 0 heterocycles. The first-order valence-corrected chi connectivity index (χ1v) is 8.08. The van der Waals surface area contributed by atoms with Gasteiger partial charge in [-0.05, 0) is 43.4 Å². The molecule has 1 unspecified atom stereocenters. The van der Waals surface area contributed by atoms with Gasteiger partial charge in [-0.25, -0.2) is 0 Å². The monoisotopic (exact) mass is 336 g/mol. The third kappa shape index (κ3) is 4.61. The number of rotatable bonds is 7. The van der Waals surface area contributed by atoms with Crippen molar-refractivity contribution in [1.82, 2.24) is 5.32 Å². The van der Waals surface area contributed by atoms with Gasteiger partial charge in [0, 0.05) is 12.5 Å². The van der Waals surface area contributed by atoms with Crippen LogP contribution in [0.15, 0.2) is 18.2 Å². The molecule has 0 aromatic heterocycles. The van der Waals surface area contributed by atoms with E-state index in [4.69, 9.17) is 15.2 Å². The minimum atomic E-state index is -1.05. The Morgan fingerprint density at radius 1 is 1.33 bits per heavy atom. The fourth-order valence-electron chi connectivity index (χ4n) is 2.82. The third-order valence-corrected chi connectivity index (χ3v) is 4.21. The van der Waals surface area contributed by atoms with Crippen LogP contribution >= 0.6 is 0 Å². The number of benzene rings is 1. The number of ether oxygens (including phenoxy) is 2. The SMILES string of the molecule is COc1ccc(C(CO)CNC(=O)C(N)=O)cc1OC1CCCC1. The topological polar surface area (TPSA) is 111 Å². The Hall–Kier alpha value is -2.28. The number of hydrogen-bond acceptors (Lipinski definition) is 5. The average Bonchev–Trinajstić information content (AvgIpc) is 3.08. The van der Waals surface area contributed by atoms with E-state index in [1.165, 1.54) is 0 Å². The molecule has 0 spiro atoms. The van der Waals surface area contributed by atoms with Gasteiger partial charge in [-0.2, -0.15) is 0 Å². The molecule has 0 radical (unpaired) electrons. The summed E-state index contributed by atoms with van der Waals surface area (Å²) in [5.41, 5.74) is 5.69. The summed E-state index contributed by atoms with van der Waals surface area (Å²) >= 11 is 0. The lowest BCUT2D eigenvalue weighted by Gasteiger charge is -2.20. The molecule has 7 heteroatoms. The van der Waals surface area contributed by atoms with Gasteiger partial charge in [0.05, 0.1) is 19.8 Å². The molecule has 0 aliphatic heterocycles. The molecule has 2 amide bonds. The molecule has 132 valence electrons. The lowest BCUT2D eigenvalue weighted by atomic mass is 9.99. The van der Waals surface area contributed by atoms with Gasteiger partial charge in [-0.3, -0.25) is 9.59 Å². The summed E-state index contributed by atoms with van der Waals surface area (Å²) in [6.07, 6.45) is 4.53. The number of primary amides is 1. The van der Waals surface area contributed by atoms with Gasteiger partial charge in [-0.1, -0.05) is 6.07 Å². The van der Waals surface area contributed by atoms with E-state index in [1.54, 1.807) is 19.2 Å². The van der Waals surface area contributed by atoms with Gasteiger partial charge in [0.2, 0.25) is 0 Å². The van der Waals surface area contributed by atoms with Gasteiger partial charge < -0.3 is 25.6 Å². The molecule has 1 saturated carbocycles. The molecule has 24 heavy (non-hydrogen) atoms. The van der Waals surface area contributed by atoms with E-state index >= 15 is 0 Å². The number of carbonyl (C=O) groups excluding carboxylic acids is 2. The number of hydrogen-bond donors (Lipinski definition) is 3. The zero-order valence-electron chi connectivity index (χ0n) is 13.8. The van der Waals surface area contributed by atoms with Crippen LogP contribution in [0.2, 0.25) is 0 Å². The van der Waals surface area contributed by atoms with Gasteiger partial charge >= 0.3 is 11.8 Å². The first-order valence-electron chi connectivity index (χ1n) is 8.08. The van der Waals surface area contributed by atoms with Crippen LogP contribution in [-0.2, 0) is 9.59 Å². The standard InChI is InChI=1S/C17H24N2O5/c1-23-14-7-6-11(8-15(14)24-13-4-2-3-5-13)12(10-20)9-19-17(22)16(18)21/h6-8,12-13,20H,2-5,9-10H2,1H3,(H2,18,21)(H,19,22). The Bertz CT molecular complexity index is 584. The summed E-state index contributed by atoms with van der Waals surface area (Å²) in [6, 6.07) is 5.39. The molecule has 1 atom stereocenters. The highest BCUT2D eigenvalue weighted by atomic mass is 16.5. The first-order chi connectivity index (χ1) is 11.5. The fraction of sp³-hybridized carbons (Fsp3) is 0.529. The number of nitrogens with one attached hydrogen (secondary N) is 1. The number of aliphatic hydroxyl groups excluding tert-OH is 1. The van der Waals surface area contributed by atoms with E-state index in [2.05, 4.69) is 5.32 Å². The van der Waals surface area contributed by atoms with E-state index in [0.717, 1.165) is 31.2 Å². The lowest BCUT2D eigenvalue weighted by Crippen LogP contribution is -2.38. The molecule has 0 bridgehead atoms.